The standard InChI is InChI=1S/C20H20OP.C15H27NO3.ClH/c1-21-17-22(18-11-5-2-6-12-18,19-13-7-3-8-14-19)20-15-9-4-10-16-20;1-18-12-6-7-13-8-9-15(17,19-2)14(13)16-10-4-3-5-11-16;/h2-16H,17H2,1H3;6,12-14,17H,3-5,7-11H2,1-2H3;1H/q+1;;/p-1. The lowest BCUT2D eigenvalue weighted by Crippen LogP contribution is -3.00. The van der Waals surface area contributed by atoms with E-state index in [-0.39, 0.29) is 18.4 Å². The van der Waals surface area contributed by atoms with Gasteiger partial charge >= 0.3 is 0 Å². The molecule has 2 fully saturated rings. The zero-order valence-corrected chi connectivity index (χ0v) is 26.9. The Morgan fingerprint density at radius 3 is 1.74 bits per heavy atom. The van der Waals surface area contributed by atoms with Crippen molar-refractivity contribution in [1.29, 1.82) is 0 Å². The van der Waals surface area contributed by atoms with Crippen LogP contribution in [0.15, 0.2) is 103 Å². The number of rotatable bonds is 10. The summed E-state index contributed by atoms with van der Waals surface area (Å²) in [6.45, 7) is 2.17. The quantitative estimate of drug-likeness (QED) is 0.217. The Morgan fingerprint density at radius 1 is 0.810 bits per heavy atom. The van der Waals surface area contributed by atoms with E-state index in [1.54, 1.807) is 27.6 Å². The van der Waals surface area contributed by atoms with Crippen molar-refractivity contribution in [3.8, 4) is 0 Å². The molecule has 1 aliphatic heterocycles. The summed E-state index contributed by atoms with van der Waals surface area (Å²) in [6, 6.07) is 32.4. The van der Waals surface area contributed by atoms with Crippen LogP contribution >= 0.6 is 7.26 Å². The van der Waals surface area contributed by atoms with Crippen LogP contribution in [0.25, 0.3) is 0 Å². The first-order valence-electron chi connectivity index (χ1n) is 14.8. The average molecular weight is 612 g/mol. The molecular formula is C35H47ClNO4P. The van der Waals surface area contributed by atoms with E-state index in [2.05, 4.69) is 102 Å². The highest BCUT2D eigenvalue weighted by Gasteiger charge is 2.50. The first kappa shape index (κ1) is 34.3. The number of nitrogens with zero attached hydrogens (tertiary/aromatic N) is 1. The van der Waals surface area contributed by atoms with Crippen LogP contribution in [0.1, 0.15) is 38.5 Å². The summed E-state index contributed by atoms with van der Waals surface area (Å²) in [5.74, 6) is -0.516. The lowest BCUT2D eigenvalue weighted by Gasteiger charge is -2.41. The highest BCUT2D eigenvalue weighted by Crippen LogP contribution is 2.55. The third-order valence-electron chi connectivity index (χ3n) is 8.50. The molecule has 1 heterocycles. The molecule has 0 spiro atoms. The molecule has 0 amide bonds. The van der Waals surface area contributed by atoms with Crippen LogP contribution in [-0.2, 0) is 14.2 Å². The minimum Gasteiger partial charge on any atom is -1.00 e. The van der Waals surface area contributed by atoms with Crippen LogP contribution in [0.3, 0.4) is 0 Å². The summed E-state index contributed by atoms with van der Waals surface area (Å²) >= 11 is 0. The highest BCUT2D eigenvalue weighted by molar-refractivity contribution is 7.95. The SMILES string of the molecule is COC=CCC1CCC(O)(OC)C1N1CCCCC1.COC[P+](c1ccccc1)(c1ccccc1)c1ccccc1.[Cl-]. The van der Waals surface area contributed by atoms with Crippen LogP contribution in [0.4, 0.5) is 0 Å². The summed E-state index contributed by atoms with van der Waals surface area (Å²) < 4.78 is 16.2. The number of hydrogen-bond acceptors (Lipinski definition) is 5. The van der Waals surface area contributed by atoms with Gasteiger partial charge in [0.05, 0.1) is 19.4 Å². The van der Waals surface area contributed by atoms with Crippen molar-refractivity contribution in [2.45, 2.75) is 50.4 Å². The molecule has 1 saturated carbocycles. The topological polar surface area (TPSA) is 51.2 Å². The number of hydrogen-bond donors (Lipinski definition) is 1. The van der Waals surface area contributed by atoms with E-state index in [0.717, 1.165) is 32.4 Å². The minimum absolute atomic E-state index is 0. The zero-order valence-electron chi connectivity index (χ0n) is 25.3. The van der Waals surface area contributed by atoms with Crippen LogP contribution < -0.4 is 28.3 Å². The predicted octanol–water partition coefficient (Wildman–Crippen LogP) is 2.72. The van der Waals surface area contributed by atoms with Crippen molar-refractivity contribution in [3.63, 3.8) is 0 Å². The fourth-order valence-electron chi connectivity index (χ4n) is 6.55. The van der Waals surface area contributed by atoms with Gasteiger partial charge in [-0.3, -0.25) is 4.90 Å². The summed E-state index contributed by atoms with van der Waals surface area (Å²) in [6.07, 6.45) is 11.0. The summed E-state index contributed by atoms with van der Waals surface area (Å²) in [5, 5.41) is 14.8. The molecule has 5 nitrogen and oxygen atoms in total. The number of allylic oxidation sites excluding steroid dienone is 1. The van der Waals surface area contributed by atoms with Gasteiger partial charge < -0.3 is 31.7 Å². The molecule has 1 N–H and O–H groups in total. The van der Waals surface area contributed by atoms with Gasteiger partial charge in [0.1, 0.15) is 23.2 Å². The van der Waals surface area contributed by atoms with Crippen molar-refractivity contribution in [1.82, 2.24) is 4.90 Å². The maximum Gasteiger partial charge on any atom is 0.181 e. The third kappa shape index (κ3) is 8.02. The first-order chi connectivity index (χ1) is 20.1. The number of halogens is 1. The fourth-order valence-corrected chi connectivity index (χ4v) is 10.3. The molecule has 1 saturated heterocycles. The molecule has 3 atom stereocenters. The van der Waals surface area contributed by atoms with Crippen molar-refractivity contribution in [2.24, 2.45) is 5.92 Å². The summed E-state index contributed by atoms with van der Waals surface area (Å²) in [4.78, 5) is 2.44. The van der Waals surface area contributed by atoms with Gasteiger partial charge in [-0.2, -0.15) is 0 Å². The maximum atomic E-state index is 10.7. The lowest BCUT2D eigenvalue weighted by atomic mass is 9.94. The molecule has 7 heteroatoms. The average Bonchev–Trinajstić information content (AvgIpc) is 3.38. The Balaban J connectivity index is 0.000000228. The molecule has 42 heavy (non-hydrogen) atoms. The Bertz CT molecular complexity index is 1080. The van der Waals surface area contributed by atoms with Crippen molar-refractivity contribution < 1.29 is 31.7 Å². The fraction of sp³-hybridized carbons (Fsp3) is 0.429. The zero-order chi connectivity index (χ0) is 29.0. The number of likely N-dealkylation sites (tertiary alicyclic amines) is 1. The summed E-state index contributed by atoms with van der Waals surface area (Å²) in [7, 11) is 3.31. The van der Waals surface area contributed by atoms with Crippen LogP contribution in [0.2, 0.25) is 0 Å². The minimum atomic E-state index is -1.78. The number of methoxy groups -OCH3 is 3. The monoisotopic (exact) mass is 611 g/mol. The van der Waals surface area contributed by atoms with E-state index in [4.69, 9.17) is 14.2 Å². The Hall–Kier alpha value is -2.24. The molecule has 3 unspecified atom stereocenters. The highest BCUT2D eigenvalue weighted by atomic mass is 35.5. The smallest absolute Gasteiger partial charge is 0.181 e. The van der Waals surface area contributed by atoms with Gasteiger partial charge in [-0.1, -0.05) is 61.0 Å². The largest absolute Gasteiger partial charge is 1.00 e. The van der Waals surface area contributed by atoms with Gasteiger partial charge in [-0.25, -0.2) is 0 Å². The molecule has 228 valence electrons. The van der Waals surface area contributed by atoms with E-state index in [1.165, 1.54) is 35.2 Å². The molecule has 0 radical (unpaired) electrons. The first-order valence-corrected chi connectivity index (χ1v) is 16.8. The second-order valence-electron chi connectivity index (χ2n) is 11.0. The lowest BCUT2D eigenvalue weighted by molar-refractivity contribution is -0.219. The van der Waals surface area contributed by atoms with E-state index in [1.807, 2.05) is 0 Å². The van der Waals surface area contributed by atoms with Gasteiger partial charge in [0.25, 0.3) is 0 Å². The van der Waals surface area contributed by atoms with Crippen molar-refractivity contribution >= 4 is 23.2 Å². The van der Waals surface area contributed by atoms with Crippen LogP contribution in [0, 0.1) is 5.92 Å². The molecule has 1 aliphatic carbocycles. The van der Waals surface area contributed by atoms with E-state index >= 15 is 0 Å². The molecule has 0 bridgehead atoms. The summed E-state index contributed by atoms with van der Waals surface area (Å²) in [5.41, 5.74) is 0. The predicted molar refractivity (Wildman–Crippen MR) is 172 cm³/mol. The van der Waals surface area contributed by atoms with E-state index in [9.17, 15) is 5.11 Å². The van der Waals surface area contributed by atoms with Crippen LogP contribution in [0.5, 0.6) is 0 Å². The Kier molecular flexibility index (Phi) is 14.0. The second-order valence-corrected chi connectivity index (χ2v) is 14.4. The molecule has 3 aromatic carbocycles. The molecular weight excluding hydrogens is 565 g/mol. The number of benzene rings is 3. The number of ether oxygens (including phenoxy) is 3. The maximum absolute atomic E-state index is 10.7. The molecule has 0 aromatic heterocycles. The third-order valence-corrected chi connectivity index (χ3v) is 12.7. The molecule has 5 rings (SSSR count). The van der Waals surface area contributed by atoms with Crippen molar-refractivity contribution in [3.05, 3.63) is 103 Å². The van der Waals surface area contributed by atoms with E-state index < -0.39 is 13.0 Å². The van der Waals surface area contributed by atoms with Gasteiger partial charge in [0.2, 0.25) is 0 Å². The van der Waals surface area contributed by atoms with Gasteiger partial charge in [-0.15, -0.1) is 0 Å². The number of piperidine rings is 1. The number of aliphatic hydroxyl groups is 1. The normalized spacial score (nSPS) is 22.7. The van der Waals surface area contributed by atoms with Gasteiger partial charge in [0, 0.05) is 20.6 Å². The van der Waals surface area contributed by atoms with Crippen LogP contribution in [-0.4, -0.2) is 62.6 Å². The van der Waals surface area contributed by atoms with E-state index in [0.29, 0.717) is 12.3 Å². The van der Waals surface area contributed by atoms with Crippen molar-refractivity contribution in [2.75, 3.05) is 40.8 Å². The molecule has 3 aromatic rings. The Labute approximate surface area is 259 Å². The Morgan fingerprint density at radius 2 is 1.31 bits per heavy atom. The van der Waals surface area contributed by atoms with Gasteiger partial charge in [0.15, 0.2) is 12.1 Å². The van der Waals surface area contributed by atoms with Gasteiger partial charge in [-0.05, 0) is 87.2 Å². The molecule has 2 aliphatic rings. The second kappa shape index (κ2) is 17.2.